The number of hydrogen-bond acceptors (Lipinski definition) is 4. The van der Waals surface area contributed by atoms with Gasteiger partial charge in [-0.3, -0.25) is 0 Å². The first-order chi connectivity index (χ1) is 15.1. The zero-order valence-corrected chi connectivity index (χ0v) is 18.0. The van der Waals surface area contributed by atoms with Gasteiger partial charge < -0.3 is 14.3 Å². The van der Waals surface area contributed by atoms with Crippen LogP contribution >= 0.6 is 0 Å². The summed E-state index contributed by atoms with van der Waals surface area (Å²) in [6, 6.07) is 21.9. The molecule has 0 saturated heterocycles. The third kappa shape index (κ3) is 5.00. The molecule has 4 rings (SSSR count). The Labute approximate surface area is 182 Å². The lowest BCUT2D eigenvalue weighted by Gasteiger charge is -2.09. The summed E-state index contributed by atoms with van der Waals surface area (Å²) in [5, 5.41) is 2.07. The van der Waals surface area contributed by atoms with Gasteiger partial charge >= 0.3 is 5.97 Å². The molecule has 0 aliphatic carbocycles. The van der Waals surface area contributed by atoms with E-state index in [4.69, 9.17) is 14.3 Å². The largest absolute Gasteiger partial charge is 0.494 e. The number of ether oxygens (including phenoxy) is 2. The summed E-state index contributed by atoms with van der Waals surface area (Å²) in [6.07, 6.45) is 2.96. The second-order valence-electron chi connectivity index (χ2n) is 7.65. The quantitative estimate of drug-likeness (QED) is 0.328. The Morgan fingerprint density at radius 3 is 2.23 bits per heavy atom. The Morgan fingerprint density at radius 1 is 0.774 bits per heavy atom. The van der Waals surface area contributed by atoms with Crippen LogP contribution in [-0.2, 0) is 4.79 Å². The van der Waals surface area contributed by atoms with Crippen LogP contribution < -0.4 is 14.3 Å². The van der Waals surface area contributed by atoms with Gasteiger partial charge in [0.2, 0.25) is 0 Å². The monoisotopic (exact) mass is 417 g/mol. The number of benzene rings is 3. The highest BCUT2D eigenvalue weighted by Crippen LogP contribution is 2.31. The highest BCUT2D eigenvalue weighted by atomic mass is 16.7. The molecule has 31 heavy (non-hydrogen) atoms. The molecule has 0 aliphatic rings. The molecule has 1 aromatic heterocycles. The van der Waals surface area contributed by atoms with Crippen molar-refractivity contribution in [1.82, 2.24) is 4.73 Å². The molecule has 0 fully saturated rings. The summed E-state index contributed by atoms with van der Waals surface area (Å²) in [5.41, 5.74) is 2.88. The maximum absolute atomic E-state index is 11.6. The Hall–Kier alpha value is -3.47. The van der Waals surface area contributed by atoms with E-state index in [2.05, 4.69) is 13.0 Å². The lowest BCUT2D eigenvalue weighted by molar-refractivity contribution is -0.140. The molecule has 0 radical (unpaired) electrons. The number of nitrogens with zero attached hydrogens (tertiary/aromatic N) is 1. The molecular formula is C26H27NO4. The smallest absolute Gasteiger partial charge is 0.329 e. The van der Waals surface area contributed by atoms with Gasteiger partial charge in [-0.15, -0.1) is 0 Å². The van der Waals surface area contributed by atoms with Crippen LogP contribution in [0.5, 0.6) is 11.5 Å². The van der Waals surface area contributed by atoms with Gasteiger partial charge in [-0.05, 0) is 62.1 Å². The predicted octanol–water partition coefficient (Wildman–Crippen LogP) is 5.71. The van der Waals surface area contributed by atoms with Gasteiger partial charge in [-0.2, -0.15) is 4.73 Å². The number of carbonyl (C=O) groups is 1. The van der Waals surface area contributed by atoms with Crippen molar-refractivity contribution in [2.24, 2.45) is 0 Å². The van der Waals surface area contributed by atoms with Gasteiger partial charge in [-0.1, -0.05) is 30.3 Å². The lowest BCUT2D eigenvalue weighted by atomic mass is 10.1. The van der Waals surface area contributed by atoms with E-state index in [1.54, 1.807) is 4.73 Å². The van der Waals surface area contributed by atoms with Crippen LogP contribution in [0.25, 0.3) is 21.8 Å². The summed E-state index contributed by atoms with van der Waals surface area (Å²) in [5.74, 6) is 1.33. The molecule has 4 aromatic rings. The Kier molecular flexibility index (Phi) is 6.41. The fourth-order valence-corrected chi connectivity index (χ4v) is 3.70. The number of aromatic nitrogens is 1. The fourth-order valence-electron chi connectivity index (χ4n) is 3.70. The molecule has 0 bridgehead atoms. The third-order valence-corrected chi connectivity index (χ3v) is 5.14. The maximum atomic E-state index is 11.6. The van der Waals surface area contributed by atoms with Crippen LogP contribution in [0.3, 0.4) is 0 Å². The molecule has 1 heterocycles. The van der Waals surface area contributed by atoms with Crippen molar-refractivity contribution >= 4 is 27.8 Å². The van der Waals surface area contributed by atoms with Crippen molar-refractivity contribution in [2.45, 2.75) is 33.1 Å². The topological polar surface area (TPSA) is 49.7 Å². The Balaban J connectivity index is 1.32. The van der Waals surface area contributed by atoms with E-state index < -0.39 is 0 Å². The van der Waals surface area contributed by atoms with Crippen LogP contribution in [0.2, 0.25) is 0 Å². The molecule has 0 amide bonds. The number of rotatable bonds is 9. The van der Waals surface area contributed by atoms with Gasteiger partial charge in [0.05, 0.1) is 24.2 Å². The molecule has 3 aromatic carbocycles. The summed E-state index contributed by atoms with van der Waals surface area (Å²) in [6.45, 7) is 4.80. The van der Waals surface area contributed by atoms with Crippen LogP contribution in [-0.4, -0.2) is 23.9 Å². The Morgan fingerprint density at radius 2 is 1.48 bits per heavy atom. The molecular weight excluding hydrogens is 390 g/mol. The van der Waals surface area contributed by atoms with Crippen molar-refractivity contribution < 1.29 is 19.1 Å². The normalized spacial score (nSPS) is 11.0. The summed E-state index contributed by atoms with van der Waals surface area (Å²) >= 11 is 0. The van der Waals surface area contributed by atoms with Crippen LogP contribution in [0, 0.1) is 6.92 Å². The average Bonchev–Trinajstić information content (AvgIpc) is 3.06. The minimum atomic E-state index is -0.359. The van der Waals surface area contributed by atoms with E-state index in [1.807, 2.05) is 60.7 Å². The summed E-state index contributed by atoms with van der Waals surface area (Å²) in [4.78, 5) is 17.1. The SMILES string of the molecule is CC(=O)On1c2ccccc2c2ccc(OCCCCCOc3cccc(C)c3)cc21. The number of para-hydroxylation sites is 1. The number of aryl methyl sites for hydroxylation is 1. The van der Waals surface area contributed by atoms with Gasteiger partial charge in [0.25, 0.3) is 0 Å². The van der Waals surface area contributed by atoms with E-state index in [0.29, 0.717) is 13.2 Å². The fraction of sp³-hybridized carbons (Fsp3) is 0.269. The molecule has 0 unspecified atom stereocenters. The van der Waals surface area contributed by atoms with Gasteiger partial charge in [0, 0.05) is 23.8 Å². The predicted molar refractivity (Wildman–Crippen MR) is 123 cm³/mol. The van der Waals surface area contributed by atoms with Crippen molar-refractivity contribution in [1.29, 1.82) is 0 Å². The summed E-state index contributed by atoms with van der Waals surface area (Å²) < 4.78 is 13.3. The van der Waals surface area contributed by atoms with Crippen LogP contribution in [0.4, 0.5) is 0 Å². The van der Waals surface area contributed by atoms with E-state index >= 15 is 0 Å². The third-order valence-electron chi connectivity index (χ3n) is 5.14. The molecule has 160 valence electrons. The van der Waals surface area contributed by atoms with Gasteiger partial charge in [-0.25, -0.2) is 4.79 Å². The van der Waals surface area contributed by atoms with Crippen molar-refractivity contribution in [3.63, 3.8) is 0 Å². The van der Waals surface area contributed by atoms with E-state index in [-0.39, 0.29) is 5.97 Å². The molecule has 0 spiro atoms. The summed E-state index contributed by atoms with van der Waals surface area (Å²) in [7, 11) is 0. The molecule has 0 aliphatic heterocycles. The van der Waals surface area contributed by atoms with Gasteiger partial charge in [0.1, 0.15) is 11.5 Å². The first-order valence-corrected chi connectivity index (χ1v) is 10.7. The number of carbonyl (C=O) groups excluding carboxylic acids is 1. The number of fused-ring (bicyclic) bond motifs is 3. The second-order valence-corrected chi connectivity index (χ2v) is 7.65. The standard InChI is InChI=1S/C26H27NO4/c1-19-9-8-10-21(17-19)29-15-6-3-7-16-30-22-13-14-24-23-11-4-5-12-25(23)27(26(24)18-22)31-20(2)28/h4-5,8-14,17-18H,3,6-7,15-16H2,1-2H3. The van der Waals surface area contributed by atoms with E-state index in [1.165, 1.54) is 12.5 Å². The maximum Gasteiger partial charge on any atom is 0.329 e. The average molecular weight is 418 g/mol. The highest BCUT2D eigenvalue weighted by molar-refractivity contribution is 6.08. The minimum Gasteiger partial charge on any atom is -0.494 e. The van der Waals surface area contributed by atoms with Crippen LogP contribution in [0.15, 0.2) is 66.7 Å². The number of unbranched alkanes of at least 4 members (excludes halogenated alkanes) is 2. The van der Waals surface area contributed by atoms with Crippen molar-refractivity contribution in [3.8, 4) is 11.5 Å². The zero-order chi connectivity index (χ0) is 21.6. The lowest BCUT2D eigenvalue weighted by Crippen LogP contribution is -2.15. The molecule has 0 N–H and O–H groups in total. The molecule has 5 heteroatoms. The van der Waals surface area contributed by atoms with Crippen molar-refractivity contribution in [3.05, 3.63) is 72.3 Å². The van der Waals surface area contributed by atoms with Gasteiger partial charge in [0.15, 0.2) is 0 Å². The van der Waals surface area contributed by atoms with Crippen LogP contribution in [0.1, 0.15) is 31.7 Å². The van der Waals surface area contributed by atoms with E-state index in [0.717, 1.165) is 52.6 Å². The Bertz CT molecular complexity index is 1190. The van der Waals surface area contributed by atoms with E-state index in [9.17, 15) is 4.79 Å². The molecule has 0 saturated carbocycles. The zero-order valence-electron chi connectivity index (χ0n) is 18.0. The minimum absolute atomic E-state index is 0.359. The molecule has 0 atom stereocenters. The first-order valence-electron chi connectivity index (χ1n) is 10.7. The highest BCUT2D eigenvalue weighted by Gasteiger charge is 2.13. The first kappa shape index (κ1) is 20.8. The molecule has 5 nitrogen and oxygen atoms in total. The second kappa shape index (κ2) is 9.56. The van der Waals surface area contributed by atoms with Crippen molar-refractivity contribution in [2.75, 3.05) is 13.2 Å². The number of hydrogen-bond donors (Lipinski definition) is 0.